The molecule has 12 heteroatoms. The lowest BCUT2D eigenvalue weighted by molar-refractivity contribution is -0.870. The number of carbonyl (C=O) groups excluding carboxylic acids is 2. The number of esters is 2. The first-order valence-electron chi connectivity index (χ1n) is 21.8. The van der Waals surface area contributed by atoms with E-state index in [1.54, 1.807) is 0 Å². The largest absolute Gasteiger partial charge is 0.472 e. The van der Waals surface area contributed by atoms with E-state index in [1.165, 1.54) is 11.1 Å². The molecule has 11 nitrogen and oxygen atoms in total. The highest BCUT2D eigenvalue weighted by atomic mass is 31.2. The van der Waals surface area contributed by atoms with Gasteiger partial charge in [-0.1, -0.05) is 81.2 Å². The van der Waals surface area contributed by atoms with Crippen LogP contribution in [-0.4, -0.2) is 86.1 Å². The van der Waals surface area contributed by atoms with Gasteiger partial charge in [0.1, 0.15) is 31.3 Å². The molecule has 58 heavy (non-hydrogen) atoms. The van der Waals surface area contributed by atoms with E-state index in [1.807, 2.05) is 34.1 Å². The fourth-order valence-electron chi connectivity index (χ4n) is 5.89. The molecule has 332 valence electrons. The number of ether oxygens (including phenoxy) is 2. The minimum Gasteiger partial charge on any atom is -0.466 e. The molecule has 3 atom stereocenters. The van der Waals surface area contributed by atoms with E-state index in [0.717, 1.165) is 101 Å². The highest BCUT2D eigenvalue weighted by molar-refractivity contribution is 7.47. The monoisotopic (exact) mass is 837 g/mol. The summed E-state index contributed by atoms with van der Waals surface area (Å²) < 4.78 is 40.4. The van der Waals surface area contributed by atoms with Gasteiger partial charge in [0, 0.05) is 25.7 Å². The van der Waals surface area contributed by atoms with Crippen LogP contribution in [0.2, 0.25) is 0 Å². The van der Waals surface area contributed by atoms with E-state index in [9.17, 15) is 24.2 Å². The van der Waals surface area contributed by atoms with E-state index >= 15 is 0 Å². The third-order valence-electron chi connectivity index (χ3n) is 9.55. The van der Waals surface area contributed by atoms with Crippen molar-refractivity contribution in [1.29, 1.82) is 0 Å². The summed E-state index contributed by atoms with van der Waals surface area (Å²) in [5.74, 6) is 1.31. The molecule has 2 N–H and O–H groups in total. The van der Waals surface area contributed by atoms with Crippen molar-refractivity contribution in [3.8, 4) is 0 Å². The van der Waals surface area contributed by atoms with Crippen LogP contribution >= 0.6 is 7.82 Å². The van der Waals surface area contributed by atoms with Gasteiger partial charge in [0.05, 0.1) is 33.9 Å². The van der Waals surface area contributed by atoms with Crippen LogP contribution in [-0.2, 0) is 45.5 Å². The zero-order chi connectivity index (χ0) is 43.1. The minimum atomic E-state index is -4.41. The van der Waals surface area contributed by atoms with Gasteiger partial charge in [-0.3, -0.25) is 18.6 Å². The first-order valence-corrected chi connectivity index (χ1v) is 23.3. The summed E-state index contributed by atoms with van der Waals surface area (Å²) in [6.45, 7) is 8.04. The number of allylic oxidation sites excluding steroid dienone is 8. The van der Waals surface area contributed by atoms with Crippen LogP contribution in [0.4, 0.5) is 0 Å². The molecule has 1 aromatic rings. The summed E-state index contributed by atoms with van der Waals surface area (Å²) in [6.07, 6.45) is 31.6. The number of nitrogens with zero attached hydrogens (tertiary/aromatic N) is 1. The number of phosphoric ester groups is 1. The molecule has 0 radical (unpaired) electrons. The highest BCUT2D eigenvalue weighted by Gasteiger charge is 2.27. The molecule has 0 aliphatic carbocycles. The quantitative estimate of drug-likeness (QED) is 0.0223. The molecule has 1 rings (SSSR count). The van der Waals surface area contributed by atoms with E-state index < -0.39 is 32.5 Å². The molecule has 0 aromatic carbocycles. The number of phosphoric acid groups is 1. The van der Waals surface area contributed by atoms with Crippen molar-refractivity contribution in [3.63, 3.8) is 0 Å². The summed E-state index contributed by atoms with van der Waals surface area (Å²) in [4.78, 5) is 35.4. The third kappa shape index (κ3) is 29.4. The molecule has 1 unspecified atom stereocenters. The summed E-state index contributed by atoms with van der Waals surface area (Å²) in [6, 6.07) is 0. The summed E-state index contributed by atoms with van der Waals surface area (Å²) in [5.41, 5.74) is 2.57. The standard InChI is InChI=1S/C46H78NO10P/c1-8-30-43-40(3)41(4)44(57-43)32-27-23-20-21-24-28-33-45(49)53-37-42(38-55-58(51,52)54-36-35-47(5,6)7)56-46(50)34-29-25-19-17-15-13-11-9-10-12-14-16-18-22-26-31-39(2)48/h10-13,16-19,39,42,48H,8-9,14-15,20-38H2,1-7H3/p+1/b12-10-,13-11-,18-16-,19-17-/t39-,42+/m0/s1. The molecule has 0 fully saturated rings. The summed E-state index contributed by atoms with van der Waals surface area (Å²) in [7, 11) is 1.39. The predicted molar refractivity (Wildman–Crippen MR) is 233 cm³/mol. The van der Waals surface area contributed by atoms with Crippen molar-refractivity contribution in [2.24, 2.45) is 0 Å². The van der Waals surface area contributed by atoms with Gasteiger partial charge in [0.15, 0.2) is 6.10 Å². The van der Waals surface area contributed by atoms with Gasteiger partial charge in [-0.25, -0.2) is 4.57 Å². The zero-order valence-corrected chi connectivity index (χ0v) is 38.0. The first kappa shape index (κ1) is 53.2. The van der Waals surface area contributed by atoms with E-state index in [0.29, 0.717) is 30.3 Å². The Morgan fingerprint density at radius 1 is 0.724 bits per heavy atom. The van der Waals surface area contributed by atoms with E-state index in [2.05, 4.69) is 63.3 Å². The van der Waals surface area contributed by atoms with Crippen LogP contribution in [0.1, 0.15) is 146 Å². The van der Waals surface area contributed by atoms with Crippen molar-refractivity contribution < 1.29 is 51.6 Å². The molecule has 0 spiro atoms. The Morgan fingerprint density at radius 3 is 1.84 bits per heavy atom. The van der Waals surface area contributed by atoms with Gasteiger partial charge in [0.2, 0.25) is 0 Å². The summed E-state index contributed by atoms with van der Waals surface area (Å²) in [5, 5.41) is 9.28. The number of rotatable bonds is 35. The minimum absolute atomic E-state index is 0.00542. The van der Waals surface area contributed by atoms with Gasteiger partial charge in [-0.2, -0.15) is 0 Å². The number of carbonyl (C=O) groups is 2. The van der Waals surface area contributed by atoms with Gasteiger partial charge < -0.3 is 28.4 Å². The Kier molecular flexibility index (Phi) is 29.4. The van der Waals surface area contributed by atoms with Crippen LogP contribution in [0, 0.1) is 13.8 Å². The lowest BCUT2D eigenvalue weighted by atomic mass is 10.0. The molecular weight excluding hydrogens is 757 g/mol. The number of aliphatic hydroxyl groups is 1. The molecular formula is C46H79NO10P+. The lowest BCUT2D eigenvalue weighted by Gasteiger charge is -2.24. The molecule has 0 amide bonds. The van der Waals surface area contributed by atoms with Crippen molar-refractivity contribution in [1.82, 2.24) is 0 Å². The van der Waals surface area contributed by atoms with Crippen LogP contribution in [0.5, 0.6) is 0 Å². The Balaban J connectivity index is 2.41. The average molecular weight is 837 g/mol. The Labute approximate surface area is 351 Å². The van der Waals surface area contributed by atoms with Crippen molar-refractivity contribution in [3.05, 3.63) is 71.3 Å². The number of quaternary nitrogens is 1. The zero-order valence-electron chi connectivity index (χ0n) is 37.1. The van der Waals surface area contributed by atoms with E-state index in [-0.39, 0.29) is 32.2 Å². The lowest BCUT2D eigenvalue weighted by Crippen LogP contribution is -2.37. The number of furan rings is 1. The molecule has 1 aromatic heterocycles. The van der Waals surface area contributed by atoms with Gasteiger partial charge in [0.25, 0.3) is 0 Å². The smallest absolute Gasteiger partial charge is 0.466 e. The fraction of sp³-hybridized carbons (Fsp3) is 0.696. The van der Waals surface area contributed by atoms with Crippen molar-refractivity contribution >= 4 is 19.8 Å². The Morgan fingerprint density at radius 2 is 1.26 bits per heavy atom. The van der Waals surface area contributed by atoms with Crippen LogP contribution in [0.15, 0.2) is 53.0 Å². The molecule has 0 saturated carbocycles. The van der Waals surface area contributed by atoms with Crippen molar-refractivity contribution in [2.45, 2.75) is 162 Å². The number of aliphatic hydroxyl groups excluding tert-OH is 1. The fourth-order valence-corrected chi connectivity index (χ4v) is 6.64. The Bertz CT molecular complexity index is 1420. The van der Waals surface area contributed by atoms with Crippen LogP contribution in [0.3, 0.4) is 0 Å². The van der Waals surface area contributed by atoms with Gasteiger partial charge >= 0.3 is 19.8 Å². The maximum absolute atomic E-state index is 12.7. The topological polar surface area (TPSA) is 142 Å². The highest BCUT2D eigenvalue weighted by Crippen LogP contribution is 2.43. The number of likely N-dealkylation sites (N-methyl/N-ethyl adjacent to an activating group) is 1. The number of hydrogen-bond acceptors (Lipinski definition) is 9. The normalized spacial score (nSPS) is 14.6. The number of aryl methyl sites for hydroxylation is 2. The second-order valence-corrected chi connectivity index (χ2v) is 17.7. The molecule has 0 saturated heterocycles. The second-order valence-electron chi connectivity index (χ2n) is 16.2. The van der Waals surface area contributed by atoms with Crippen molar-refractivity contribution in [2.75, 3.05) is 47.5 Å². The third-order valence-corrected chi connectivity index (χ3v) is 10.5. The number of unbranched alkanes of at least 4 members (excludes halogenated alkanes) is 7. The second kappa shape index (κ2) is 32.0. The number of hydrogen-bond donors (Lipinski definition) is 2. The maximum atomic E-state index is 12.7. The van der Waals surface area contributed by atoms with Gasteiger partial charge in [-0.05, 0) is 103 Å². The molecule has 0 aliphatic rings. The molecule has 0 bridgehead atoms. The van der Waals surface area contributed by atoms with Crippen LogP contribution in [0.25, 0.3) is 0 Å². The maximum Gasteiger partial charge on any atom is 0.472 e. The Hall–Kier alpha value is -2.79. The molecule has 1 heterocycles. The predicted octanol–water partition coefficient (Wildman–Crippen LogP) is 10.5. The van der Waals surface area contributed by atoms with Crippen LogP contribution < -0.4 is 0 Å². The molecule has 0 aliphatic heterocycles. The van der Waals surface area contributed by atoms with Gasteiger partial charge in [-0.15, -0.1) is 0 Å². The first-order chi connectivity index (χ1) is 27.6. The average Bonchev–Trinajstić information content (AvgIpc) is 3.42. The van der Waals surface area contributed by atoms with E-state index in [4.69, 9.17) is 22.9 Å². The summed E-state index contributed by atoms with van der Waals surface area (Å²) >= 11 is 0. The SMILES string of the molecule is CCCc1oc(CCCCCCCCC(=O)OC[C@H](COP(=O)(O)OCC[N+](C)(C)C)OC(=O)CCC/C=C\C/C=C\C/C=C\C/C=C\CCC[C@H](C)O)c(C)c1C.